The van der Waals surface area contributed by atoms with Crippen LogP contribution in [0.5, 0.6) is 11.5 Å². The summed E-state index contributed by atoms with van der Waals surface area (Å²) in [5, 5.41) is 2.83. The molecule has 2 aromatic rings. The van der Waals surface area contributed by atoms with Crippen LogP contribution in [-0.4, -0.2) is 40.8 Å². The monoisotopic (exact) mass is 390 g/mol. The van der Waals surface area contributed by atoms with Crippen molar-refractivity contribution in [1.82, 2.24) is 0 Å². The first-order valence-electron chi connectivity index (χ1n) is 8.56. The molecule has 27 heavy (non-hydrogen) atoms. The van der Waals surface area contributed by atoms with E-state index in [1.165, 1.54) is 17.7 Å². The van der Waals surface area contributed by atoms with Gasteiger partial charge in [-0.2, -0.15) is 0 Å². The minimum absolute atomic E-state index is 0.276. The van der Waals surface area contributed by atoms with Crippen LogP contribution in [0.3, 0.4) is 0 Å². The van der Waals surface area contributed by atoms with Crippen LogP contribution in [0, 0.1) is 0 Å². The highest BCUT2D eigenvalue weighted by atomic mass is 32.2. The molecule has 8 heteroatoms. The predicted molar refractivity (Wildman–Crippen MR) is 104 cm³/mol. The zero-order valence-electron chi connectivity index (χ0n) is 15.5. The number of ether oxygens (including phenoxy) is 2. The van der Waals surface area contributed by atoms with Crippen LogP contribution in [0.2, 0.25) is 0 Å². The van der Waals surface area contributed by atoms with Crippen molar-refractivity contribution in [2.45, 2.75) is 13.3 Å². The summed E-state index contributed by atoms with van der Waals surface area (Å²) < 4.78 is 35.8. The molecule has 0 atom stereocenters. The quantitative estimate of drug-likeness (QED) is 0.820. The molecule has 1 heterocycles. The van der Waals surface area contributed by atoms with Gasteiger partial charge in [0.25, 0.3) is 5.91 Å². The molecule has 0 spiro atoms. The summed E-state index contributed by atoms with van der Waals surface area (Å²) in [6.45, 7) is 2.80. The van der Waals surface area contributed by atoms with Crippen molar-refractivity contribution < 1.29 is 22.7 Å². The molecule has 0 saturated carbocycles. The van der Waals surface area contributed by atoms with Crippen LogP contribution >= 0.6 is 0 Å². The first-order chi connectivity index (χ1) is 12.8. The Balaban J connectivity index is 1.80. The Morgan fingerprint density at radius 3 is 2.63 bits per heavy atom. The lowest BCUT2D eigenvalue weighted by Crippen LogP contribution is -2.27. The lowest BCUT2D eigenvalue weighted by Gasteiger charge is -2.16. The summed E-state index contributed by atoms with van der Waals surface area (Å²) in [4.78, 5) is 12.6. The predicted octanol–water partition coefficient (Wildman–Crippen LogP) is 2.67. The maximum Gasteiger partial charge on any atom is 0.255 e. The molecule has 0 unspecified atom stereocenters. The molecule has 1 aliphatic heterocycles. The van der Waals surface area contributed by atoms with Gasteiger partial charge < -0.3 is 14.8 Å². The van der Waals surface area contributed by atoms with Gasteiger partial charge in [0.05, 0.1) is 25.7 Å². The van der Waals surface area contributed by atoms with Crippen LogP contribution in [0.25, 0.3) is 0 Å². The van der Waals surface area contributed by atoms with Crippen LogP contribution in [-0.2, 0) is 16.4 Å². The van der Waals surface area contributed by atoms with Crippen LogP contribution in [0.4, 0.5) is 11.4 Å². The maximum atomic E-state index is 12.6. The third-order valence-electron chi connectivity index (χ3n) is 4.32. The summed E-state index contributed by atoms with van der Waals surface area (Å²) >= 11 is 0. The average molecular weight is 390 g/mol. The zero-order chi connectivity index (χ0) is 19.6. The van der Waals surface area contributed by atoms with Crippen molar-refractivity contribution in [1.29, 1.82) is 0 Å². The molecule has 1 N–H and O–H groups in total. The van der Waals surface area contributed by atoms with E-state index in [0.717, 1.165) is 5.56 Å². The molecule has 7 nitrogen and oxygen atoms in total. The smallest absolute Gasteiger partial charge is 0.255 e. The number of carbonyl (C=O) groups is 1. The van der Waals surface area contributed by atoms with Gasteiger partial charge in [-0.05, 0) is 49.2 Å². The van der Waals surface area contributed by atoms with Gasteiger partial charge in [-0.1, -0.05) is 0 Å². The van der Waals surface area contributed by atoms with Crippen LogP contribution in [0.15, 0.2) is 36.4 Å². The molecule has 0 bridgehead atoms. The van der Waals surface area contributed by atoms with E-state index in [4.69, 9.17) is 9.47 Å². The van der Waals surface area contributed by atoms with E-state index in [9.17, 15) is 13.2 Å². The molecule has 3 rings (SSSR count). The van der Waals surface area contributed by atoms with E-state index in [-0.39, 0.29) is 5.91 Å². The lowest BCUT2D eigenvalue weighted by atomic mass is 10.1. The van der Waals surface area contributed by atoms with Gasteiger partial charge in [0.2, 0.25) is 10.0 Å². The highest BCUT2D eigenvalue weighted by molar-refractivity contribution is 7.92. The summed E-state index contributed by atoms with van der Waals surface area (Å²) in [6, 6.07) is 10.2. The number of methoxy groups -OCH3 is 1. The van der Waals surface area contributed by atoms with Crippen LogP contribution < -0.4 is 19.1 Å². The lowest BCUT2D eigenvalue weighted by molar-refractivity contribution is 0.102. The molecule has 0 aromatic heterocycles. The van der Waals surface area contributed by atoms with E-state index in [1.807, 2.05) is 6.92 Å². The van der Waals surface area contributed by atoms with Crippen molar-refractivity contribution in [2.75, 3.05) is 36.1 Å². The fourth-order valence-corrected chi connectivity index (χ4v) is 4.04. The Morgan fingerprint density at radius 2 is 1.96 bits per heavy atom. The minimum Gasteiger partial charge on any atom is -0.493 e. The van der Waals surface area contributed by atoms with Gasteiger partial charge in [-0.3, -0.25) is 9.10 Å². The van der Waals surface area contributed by atoms with Gasteiger partial charge in [-0.25, -0.2) is 8.42 Å². The standard InChI is InChI=1S/C19H22N2O5S/c1-4-26-17-8-6-15(12-18(17)25-2)20-19(22)14-5-7-16-13(11-14)9-10-21(16)27(3,23)24/h5-8,11-12H,4,9-10H2,1-3H3,(H,20,22). The number of carbonyl (C=O) groups excluding carboxylic acids is 1. The number of nitrogens with one attached hydrogen (secondary N) is 1. The van der Waals surface area contributed by atoms with Crippen molar-refractivity contribution in [3.63, 3.8) is 0 Å². The van der Waals surface area contributed by atoms with E-state index in [2.05, 4.69) is 5.32 Å². The average Bonchev–Trinajstić information content (AvgIpc) is 3.06. The Morgan fingerprint density at radius 1 is 1.19 bits per heavy atom. The summed E-state index contributed by atoms with van der Waals surface area (Å²) in [5.74, 6) is 0.866. The third kappa shape index (κ3) is 4.00. The van der Waals surface area contributed by atoms with E-state index >= 15 is 0 Å². The summed E-state index contributed by atoms with van der Waals surface area (Å²) in [6.07, 6.45) is 1.77. The largest absolute Gasteiger partial charge is 0.493 e. The highest BCUT2D eigenvalue weighted by Crippen LogP contribution is 2.32. The number of anilines is 2. The number of hydrogen-bond donors (Lipinski definition) is 1. The number of sulfonamides is 1. The topological polar surface area (TPSA) is 84.9 Å². The molecule has 1 amide bonds. The SMILES string of the molecule is CCOc1ccc(NC(=O)c2ccc3c(c2)CCN3S(C)(=O)=O)cc1OC. The zero-order valence-corrected chi connectivity index (χ0v) is 16.3. The first kappa shape index (κ1) is 19.0. The van der Waals surface area contributed by atoms with Crippen molar-refractivity contribution in [3.05, 3.63) is 47.5 Å². The fraction of sp³-hybridized carbons (Fsp3) is 0.316. The molecule has 0 fully saturated rings. The van der Waals surface area contributed by atoms with Crippen LogP contribution in [0.1, 0.15) is 22.8 Å². The van der Waals surface area contributed by atoms with Gasteiger partial charge in [-0.15, -0.1) is 0 Å². The van der Waals surface area contributed by atoms with E-state index < -0.39 is 10.0 Å². The molecule has 0 radical (unpaired) electrons. The number of fused-ring (bicyclic) bond motifs is 1. The molecule has 144 valence electrons. The van der Waals surface area contributed by atoms with Gasteiger partial charge >= 0.3 is 0 Å². The number of hydrogen-bond acceptors (Lipinski definition) is 5. The van der Waals surface area contributed by atoms with E-state index in [0.29, 0.717) is 48.0 Å². The molecular formula is C19H22N2O5S. The minimum atomic E-state index is -3.31. The number of nitrogens with zero attached hydrogens (tertiary/aromatic N) is 1. The first-order valence-corrected chi connectivity index (χ1v) is 10.4. The molecule has 1 aliphatic rings. The Bertz CT molecular complexity index is 972. The van der Waals surface area contributed by atoms with Gasteiger partial charge in [0.15, 0.2) is 11.5 Å². The Kier molecular flexibility index (Phi) is 5.27. The Labute approximate surface area is 158 Å². The highest BCUT2D eigenvalue weighted by Gasteiger charge is 2.26. The van der Waals surface area contributed by atoms with Gasteiger partial charge in [0.1, 0.15) is 0 Å². The second-order valence-electron chi connectivity index (χ2n) is 6.18. The van der Waals surface area contributed by atoms with E-state index in [1.54, 1.807) is 36.4 Å². The van der Waals surface area contributed by atoms with Crippen molar-refractivity contribution in [2.24, 2.45) is 0 Å². The second-order valence-corrected chi connectivity index (χ2v) is 8.09. The molecular weight excluding hydrogens is 368 g/mol. The fourth-order valence-electron chi connectivity index (χ4n) is 3.08. The summed E-state index contributed by atoms with van der Waals surface area (Å²) in [5.41, 5.74) is 2.53. The molecule has 0 saturated heterocycles. The molecule has 0 aliphatic carbocycles. The Hall–Kier alpha value is -2.74. The number of benzene rings is 2. The number of rotatable bonds is 6. The number of amides is 1. The normalized spacial score (nSPS) is 13.2. The summed E-state index contributed by atoms with van der Waals surface area (Å²) in [7, 11) is -1.77. The molecule has 2 aromatic carbocycles. The third-order valence-corrected chi connectivity index (χ3v) is 5.50. The second kappa shape index (κ2) is 7.48. The van der Waals surface area contributed by atoms with Crippen molar-refractivity contribution in [3.8, 4) is 11.5 Å². The van der Waals surface area contributed by atoms with Crippen molar-refractivity contribution >= 4 is 27.3 Å². The maximum absolute atomic E-state index is 12.6. The van der Waals surface area contributed by atoms with Gasteiger partial charge in [0, 0.05) is 23.9 Å².